The first-order chi connectivity index (χ1) is 18.8. The number of ether oxygens (including phenoxy) is 6. The second kappa shape index (κ2) is 14.9. The molecule has 0 fully saturated rings. The Balaban J connectivity index is 0.000000227. The van der Waals surface area contributed by atoms with Gasteiger partial charge >= 0.3 is 0 Å². The van der Waals surface area contributed by atoms with E-state index in [1.54, 1.807) is 14.2 Å². The van der Waals surface area contributed by atoms with E-state index in [9.17, 15) is 13.0 Å². The summed E-state index contributed by atoms with van der Waals surface area (Å²) in [5.74, 6) is 4.56. The number of benzene rings is 2. The van der Waals surface area contributed by atoms with Gasteiger partial charge in [0.15, 0.2) is 29.2 Å². The summed E-state index contributed by atoms with van der Waals surface area (Å²) in [6.07, 6.45) is 5.95. The Morgan fingerprint density at radius 3 is 1.95 bits per heavy atom. The molecule has 228 valence electrons. The number of nitrogens with zero attached hydrogens (tertiary/aromatic N) is 2. The number of fused-ring (bicyclic) bond motifs is 4. The minimum atomic E-state index is -4.42. The average molecular weight is 597 g/mol. The molecular formula is C28H40N2O10S. The van der Waals surface area contributed by atoms with E-state index in [0.717, 1.165) is 72.4 Å². The van der Waals surface area contributed by atoms with Gasteiger partial charge in [-0.1, -0.05) is 14.9 Å². The van der Waals surface area contributed by atoms with Crippen molar-refractivity contribution in [3.8, 4) is 34.5 Å². The van der Waals surface area contributed by atoms with Crippen LogP contribution < -0.4 is 28.4 Å². The maximum atomic E-state index is 9.45. The molecular weight excluding hydrogens is 556 g/mol. The zero-order valence-electron chi connectivity index (χ0n) is 22.4. The molecule has 4 heterocycles. The summed E-state index contributed by atoms with van der Waals surface area (Å²) in [5, 5.41) is 0. The van der Waals surface area contributed by atoms with E-state index < -0.39 is 10.4 Å². The Hall–Kier alpha value is -3.55. The Bertz CT molecular complexity index is 1370. The monoisotopic (exact) mass is 596 g/mol. The lowest BCUT2D eigenvalue weighted by molar-refractivity contribution is -0.520. The van der Waals surface area contributed by atoms with Crippen molar-refractivity contribution in [3.63, 3.8) is 0 Å². The number of aliphatic imine (C=N–C) groups is 1. The van der Waals surface area contributed by atoms with Crippen molar-refractivity contribution in [3.05, 3.63) is 34.4 Å². The highest BCUT2D eigenvalue weighted by molar-refractivity contribution is 7.80. The fourth-order valence-electron chi connectivity index (χ4n) is 4.50. The first-order valence-electron chi connectivity index (χ1n) is 12.5. The summed E-state index contributed by atoms with van der Waals surface area (Å²) in [7, 11) is -1.11. The molecule has 4 aliphatic rings. The molecule has 0 aromatic heterocycles. The van der Waals surface area contributed by atoms with E-state index >= 15 is 0 Å². The van der Waals surface area contributed by atoms with Gasteiger partial charge in [-0.2, -0.15) is 0 Å². The summed E-state index contributed by atoms with van der Waals surface area (Å²) in [6, 6.07) is 4.09. The molecule has 12 nitrogen and oxygen atoms in total. The third-order valence-corrected chi connectivity index (χ3v) is 6.80. The lowest BCUT2D eigenvalue weighted by atomic mass is 10.00. The Kier molecular flexibility index (Phi) is 12.2. The molecule has 41 heavy (non-hydrogen) atoms. The van der Waals surface area contributed by atoms with Crippen molar-refractivity contribution in [2.45, 2.75) is 41.5 Å². The SMILES string of the molecule is C.C.CCOS(=O)(=O)[O-].CC[N+]1=Cc2c(cc3c(c2OC)OCO3)CC1.COc1c2c(cc3c1OCO3)CCN=C2. The van der Waals surface area contributed by atoms with Gasteiger partial charge in [0, 0.05) is 24.7 Å². The Morgan fingerprint density at radius 1 is 0.902 bits per heavy atom. The predicted molar refractivity (Wildman–Crippen MR) is 154 cm³/mol. The third kappa shape index (κ3) is 7.80. The topological polar surface area (TPSA) is 137 Å². The van der Waals surface area contributed by atoms with Crippen LogP contribution in [-0.2, 0) is 27.4 Å². The van der Waals surface area contributed by atoms with E-state index in [0.29, 0.717) is 5.75 Å². The first-order valence-corrected chi connectivity index (χ1v) is 13.8. The average Bonchev–Trinajstić information content (AvgIpc) is 3.59. The lowest BCUT2D eigenvalue weighted by Gasteiger charge is -2.16. The molecule has 2 aromatic rings. The third-order valence-electron chi connectivity index (χ3n) is 6.27. The van der Waals surface area contributed by atoms with Crippen molar-refractivity contribution < 1.29 is 50.2 Å². The number of hydrogen-bond acceptors (Lipinski definition) is 11. The molecule has 0 unspecified atom stereocenters. The van der Waals surface area contributed by atoms with Crippen LogP contribution in [0.3, 0.4) is 0 Å². The van der Waals surface area contributed by atoms with Gasteiger partial charge in [-0.25, -0.2) is 13.0 Å². The highest BCUT2D eigenvalue weighted by Gasteiger charge is 2.28. The molecule has 0 bridgehead atoms. The lowest BCUT2D eigenvalue weighted by Crippen LogP contribution is -2.22. The van der Waals surface area contributed by atoms with E-state index in [1.165, 1.54) is 18.1 Å². The van der Waals surface area contributed by atoms with Crippen LogP contribution >= 0.6 is 0 Å². The van der Waals surface area contributed by atoms with Crippen LogP contribution in [-0.4, -0.2) is 84.0 Å². The number of likely N-dealkylation sites (N-methyl/N-ethyl adjacent to an activating group) is 1. The summed E-state index contributed by atoms with van der Waals surface area (Å²) >= 11 is 0. The molecule has 0 N–H and O–H groups in total. The normalized spacial score (nSPS) is 14.8. The maximum Gasteiger partial charge on any atom is 0.231 e. The van der Waals surface area contributed by atoms with E-state index in [-0.39, 0.29) is 35.0 Å². The Morgan fingerprint density at radius 2 is 1.46 bits per heavy atom. The molecule has 4 aliphatic heterocycles. The second-order valence-electron chi connectivity index (χ2n) is 8.54. The summed E-state index contributed by atoms with van der Waals surface area (Å²) in [4.78, 5) is 4.25. The molecule has 6 rings (SSSR count). The molecule has 0 saturated carbocycles. The fraction of sp³-hybridized carbons (Fsp3) is 0.500. The van der Waals surface area contributed by atoms with Crippen LogP contribution in [0.25, 0.3) is 0 Å². The number of rotatable bonds is 5. The molecule has 0 aliphatic carbocycles. The van der Waals surface area contributed by atoms with Crippen LogP contribution in [0.15, 0.2) is 17.1 Å². The van der Waals surface area contributed by atoms with E-state index in [1.807, 2.05) is 12.3 Å². The molecule has 0 amide bonds. The first kappa shape index (κ1) is 33.7. The predicted octanol–water partition coefficient (Wildman–Crippen LogP) is 3.59. The zero-order chi connectivity index (χ0) is 28.0. The highest BCUT2D eigenvalue weighted by Crippen LogP contribution is 2.46. The van der Waals surface area contributed by atoms with E-state index in [4.69, 9.17) is 28.4 Å². The largest absolute Gasteiger partial charge is 0.726 e. The smallest absolute Gasteiger partial charge is 0.231 e. The van der Waals surface area contributed by atoms with Crippen LogP contribution in [0.5, 0.6) is 34.5 Å². The quantitative estimate of drug-likeness (QED) is 0.286. The molecule has 0 atom stereocenters. The summed E-state index contributed by atoms with van der Waals surface area (Å²) < 4.78 is 66.8. The second-order valence-corrected chi connectivity index (χ2v) is 9.59. The van der Waals surface area contributed by atoms with Gasteiger partial charge in [0.1, 0.15) is 13.1 Å². The molecule has 2 aromatic carbocycles. The fourth-order valence-corrected chi connectivity index (χ4v) is 4.79. The summed E-state index contributed by atoms with van der Waals surface area (Å²) in [5.41, 5.74) is 4.64. The minimum Gasteiger partial charge on any atom is -0.726 e. The van der Waals surface area contributed by atoms with Crippen LogP contribution in [0, 0.1) is 0 Å². The minimum absolute atomic E-state index is 0. The van der Waals surface area contributed by atoms with Gasteiger partial charge < -0.3 is 33.0 Å². The van der Waals surface area contributed by atoms with Crippen molar-refractivity contribution in [2.75, 3.05) is 54.0 Å². The van der Waals surface area contributed by atoms with Crippen molar-refractivity contribution in [1.29, 1.82) is 0 Å². The highest BCUT2D eigenvalue weighted by atomic mass is 32.3. The van der Waals surface area contributed by atoms with Gasteiger partial charge in [-0.05, 0) is 43.5 Å². The van der Waals surface area contributed by atoms with Gasteiger partial charge in [-0.15, -0.1) is 0 Å². The molecule has 0 radical (unpaired) electrons. The number of methoxy groups -OCH3 is 2. The zero-order valence-corrected chi connectivity index (χ0v) is 23.2. The van der Waals surface area contributed by atoms with Crippen LogP contribution in [0.2, 0.25) is 0 Å². The standard InChI is InChI=1S/C13H16NO3.C11H11NO3.C2H6O4S.2CH4/c1-3-14-5-4-9-6-11-13(17-8-16-11)12(15-2)10(9)7-14;1-13-10-8-5-12-3-2-7(8)4-9-11(10)15-6-14-9;1-2-6-7(3,4)5;;/h6-7H,3-5,8H2,1-2H3;4-5H,2-3,6H2,1H3;2H2,1H3,(H,3,4,5);2*1H4/q+1;;;;/p-1. The van der Waals surface area contributed by atoms with Crippen LogP contribution in [0.1, 0.15) is 51.0 Å². The van der Waals surface area contributed by atoms with E-state index in [2.05, 4.69) is 33.0 Å². The molecule has 0 spiro atoms. The Labute approximate surface area is 242 Å². The van der Waals surface area contributed by atoms with Crippen LogP contribution in [0.4, 0.5) is 0 Å². The van der Waals surface area contributed by atoms with Gasteiger partial charge in [0.2, 0.25) is 35.5 Å². The van der Waals surface area contributed by atoms with Crippen molar-refractivity contribution in [1.82, 2.24) is 0 Å². The molecule has 13 heteroatoms. The molecule has 0 saturated heterocycles. The van der Waals surface area contributed by atoms with Gasteiger partial charge in [-0.3, -0.25) is 9.18 Å². The van der Waals surface area contributed by atoms with Crippen molar-refractivity contribution >= 4 is 22.8 Å². The van der Waals surface area contributed by atoms with Crippen molar-refractivity contribution in [2.24, 2.45) is 4.99 Å². The number of hydrogen-bond donors (Lipinski definition) is 0. The summed E-state index contributed by atoms with van der Waals surface area (Å²) in [6.45, 7) is 6.93. The maximum absolute atomic E-state index is 9.45. The van der Waals surface area contributed by atoms with Gasteiger partial charge in [0.05, 0.1) is 26.4 Å². The van der Waals surface area contributed by atoms with Gasteiger partial charge in [0.25, 0.3) is 0 Å².